The van der Waals surface area contributed by atoms with Crippen LogP contribution in [0, 0.1) is 12.3 Å². The molecule has 0 radical (unpaired) electrons. The van der Waals surface area contributed by atoms with Crippen LogP contribution < -0.4 is 0 Å². The second kappa shape index (κ2) is 5.87. The number of hydrogen-bond acceptors (Lipinski definition) is 3. The molecular formula is C13H15NO4S. The molecule has 0 saturated heterocycles. The molecule has 1 aromatic rings. The molecule has 0 aliphatic heterocycles. The van der Waals surface area contributed by atoms with Crippen LogP contribution in [-0.2, 0) is 15.8 Å². The smallest absolute Gasteiger partial charge is 0.335 e. The zero-order valence-electron chi connectivity index (χ0n) is 10.7. The topological polar surface area (TPSA) is 74.7 Å². The molecular weight excluding hydrogens is 266 g/mol. The van der Waals surface area contributed by atoms with Crippen LogP contribution in [0.4, 0.5) is 0 Å². The van der Waals surface area contributed by atoms with Gasteiger partial charge in [-0.05, 0) is 18.6 Å². The summed E-state index contributed by atoms with van der Waals surface area (Å²) in [5, 5.41) is 9.02. The van der Waals surface area contributed by atoms with Crippen molar-refractivity contribution in [2.24, 2.45) is 0 Å². The van der Waals surface area contributed by atoms with Gasteiger partial charge < -0.3 is 5.11 Å². The molecule has 0 amide bonds. The van der Waals surface area contributed by atoms with Gasteiger partial charge in [-0.2, -0.15) is 4.31 Å². The van der Waals surface area contributed by atoms with Gasteiger partial charge in [0.1, 0.15) is 0 Å². The van der Waals surface area contributed by atoms with Crippen LogP contribution >= 0.6 is 0 Å². The minimum absolute atomic E-state index is 0.0205. The predicted octanol–water partition coefficient (Wildman–Crippen LogP) is 1.17. The molecule has 0 saturated carbocycles. The molecule has 0 fully saturated rings. The number of nitrogens with zero attached hydrogens (tertiary/aromatic N) is 1. The lowest BCUT2D eigenvalue weighted by Gasteiger charge is -2.20. The Morgan fingerprint density at radius 2 is 2.05 bits per heavy atom. The number of rotatable bonds is 5. The predicted molar refractivity (Wildman–Crippen MR) is 72.1 cm³/mol. The maximum absolute atomic E-state index is 12.1. The zero-order chi connectivity index (χ0) is 14.6. The Labute approximate surface area is 112 Å². The van der Waals surface area contributed by atoms with Crippen molar-refractivity contribution in [3.63, 3.8) is 0 Å². The van der Waals surface area contributed by atoms with Gasteiger partial charge in [0.25, 0.3) is 0 Å². The number of terminal acetylenes is 1. The first kappa shape index (κ1) is 15.2. The third-order valence-electron chi connectivity index (χ3n) is 2.81. The van der Waals surface area contributed by atoms with Crippen molar-refractivity contribution in [2.75, 3.05) is 7.05 Å². The van der Waals surface area contributed by atoms with Crippen LogP contribution in [0.2, 0.25) is 0 Å². The Hall–Kier alpha value is -1.84. The Balaban J connectivity index is 3.10. The molecule has 1 unspecified atom stereocenters. The summed E-state index contributed by atoms with van der Waals surface area (Å²) in [7, 11) is -2.27. The standard InChI is InChI=1S/C13H15NO4S/c1-4-10(2)14(3)19(17,18)9-11-7-5-6-8-12(11)13(15)16/h1,5-8,10H,9H2,2-3H3,(H,15,16). The molecule has 102 valence electrons. The molecule has 1 atom stereocenters. The normalized spacial score (nSPS) is 12.9. The summed E-state index contributed by atoms with van der Waals surface area (Å²) in [6.45, 7) is 1.58. The van der Waals surface area contributed by atoms with Gasteiger partial charge in [-0.3, -0.25) is 0 Å². The SMILES string of the molecule is C#CC(C)N(C)S(=O)(=O)Cc1ccccc1C(=O)O. The number of hydrogen-bond donors (Lipinski definition) is 1. The Morgan fingerprint density at radius 1 is 1.47 bits per heavy atom. The maximum Gasteiger partial charge on any atom is 0.335 e. The molecule has 0 aliphatic rings. The highest BCUT2D eigenvalue weighted by Crippen LogP contribution is 2.16. The zero-order valence-corrected chi connectivity index (χ0v) is 11.5. The third kappa shape index (κ3) is 3.56. The van der Waals surface area contributed by atoms with E-state index >= 15 is 0 Å². The van der Waals surface area contributed by atoms with Gasteiger partial charge in [-0.1, -0.05) is 24.1 Å². The first-order chi connectivity index (χ1) is 8.79. The fraction of sp³-hybridized carbons (Fsp3) is 0.308. The summed E-state index contributed by atoms with van der Waals surface area (Å²) in [5.74, 6) is 0.779. The van der Waals surface area contributed by atoms with Crippen LogP contribution in [0.25, 0.3) is 0 Å². The van der Waals surface area contributed by atoms with Crippen molar-refractivity contribution in [1.29, 1.82) is 0 Å². The minimum Gasteiger partial charge on any atom is -0.478 e. The van der Waals surface area contributed by atoms with Crippen molar-refractivity contribution in [2.45, 2.75) is 18.7 Å². The first-order valence-corrected chi connectivity index (χ1v) is 7.13. The van der Waals surface area contributed by atoms with E-state index in [1.807, 2.05) is 0 Å². The first-order valence-electron chi connectivity index (χ1n) is 5.52. The molecule has 1 aromatic carbocycles. The number of carboxylic acid groups (broad SMARTS) is 1. The highest BCUT2D eigenvalue weighted by Gasteiger charge is 2.24. The summed E-state index contributed by atoms with van der Waals surface area (Å²) < 4.78 is 25.3. The molecule has 0 aliphatic carbocycles. The summed E-state index contributed by atoms with van der Waals surface area (Å²) in [6.07, 6.45) is 5.19. The summed E-state index contributed by atoms with van der Waals surface area (Å²) >= 11 is 0. The van der Waals surface area contributed by atoms with Gasteiger partial charge >= 0.3 is 5.97 Å². The van der Waals surface area contributed by atoms with Gasteiger partial charge in [0.2, 0.25) is 10.0 Å². The Kier molecular flexibility index (Phi) is 4.70. The van der Waals surface area contributed by atoms with E-state index in [0.29, 0.717) is 0 Å². The van der Waals surface area contributed by atoms with E-state index in [-0.39, 0.29) is 11.1 Å². The fourth-order valence-corrected chi connectivity index (χ4v) is 2.89. The molecule has 1 rings (SSSR count). The van der Waals surface area contributed by atoms with Crippen molar-refractivity contribution >= 4 is 16.0 Å². The molecule has 5 nitrogen and oxygen atoms in total. The van der Waals surface area contributed by atoms with Crippen LogP contribution in [-0.4, -0.2) is 36.9 Å². The molecule has 19 heavy (non-hydrogen) atoms. The monoisotopic (exact) mass is 281 g/mol. The van der Waals surface area contributed by atoms with Crippen molar-refractivity contribution < 1.29 is 18.3 Å². The van der Waals surface area contributed by atoms with Gasteiger partial charge in [-0.25, -0.2) is 13.2 Å². The quantitative estimate of drug-likeness (QED) is 0.822. The second-order valence-electron chi connectivity index (χ2n) is 4.08. The van der Waals surface area contributed by atoms with Crippen molar-refractivity contribution in [3.8, 4) is 12.3 Å². The van der Waals surface area contributed by atoms with Gasteiger partial charge in [0, 0.05) is 7.05 Å². The Morgan fingerprint density at radius 3 is 2.58 bits per heavy atom. The average molecular weight is 281 g/mol. The fourth-order valence-electron chi connectivity index (χ4n) is 1.50. The highest BCUT2D eigenvalue weighted by molar-refractivity contribution is 7.88. The van der Waals surface area contributed by atoms with Gasteiger partial charge in [0.05, 0.1) is 17.4 Å². The van der Waals surface area contributed by atoms with E-state index in [1.165, 1.54) is 19.2 Å². The summed E-state index contributed by atoms with van der Waals surface area (Å²) in [5.41, 5.74) is 0.221. The molecule has 6 heteroatoms. The van der Waals surface area contributed by atoms with E-state index in [9.17, 15) is 13.2 Å². The maximum atomic E-state index is 12.1. The Bertz CT molecular complexity index is 616. The number of carbonyl (C=O) groups is 1. The van der Waals surface area contributed by atoms with E-state index in [2.05, 4.69) is 5.92 Å². The summed E-state index contributed by atoms with van der Waals surface area (Å²) in [4.78, 5) is 11.0. The van der Waals surface area contributed by atoms with E-state index in [1.54, 1.807) is 19.1 Å². The van der Waals surface area contributed by atoms with Crippen LogP contribution in [0.3, 0.4) is 0 Å². The van der Waals surface area contributed by atoms with Gasteiger partial charge in [0.15, 0.2) is 0 Å². The third-order valence-corrected chi connectivity index (χ3v) is 4.68. The largest absolute Gasteiger partial charge is 0.478 e. The lowest BCUT2D eigenvalue weighted by Crippen LogP contribution is -2.35. The number of carboxylic acids is 1. The van der Waals surface area contributed by atoms with Crippen molar-refractivity contribution in [1.82, 2.24) is 4.31 Å². The average Bonchev–Trinajstić information content (AvgIpc) is 2.36. The van der Waals surface area contributed by atoms with E-state index in [0.717, 1.165) is 4.31 Å². The van der Waals surface area contributed by atoms with E-state index < -0.39 is 27.8 Å². The lowest BCUT2D eigenvalue weighted by atomic mass is 10.1. The second-order valence-corrected chi connectivity index (χ2v) is 6.11. The van der Waals surface area contributed by atoms with E-state index in [4.69, 9.17) is 11.5 Å². The van der Waals surface area contributed by atoms with Crippen molar-refractivity contribution in [3.05, 3.63) is 35.4 Å². The number of sulfonamides is 1. The number of aromatic carboxylic acids is 1. The van der Waals surface area contributed by atoms with Gasteiger partial charge in [-0.15, -0.1) is 6.42 Å². The summed E-state index contributed by atoms with van der Waals surface area (Å²) in [6, 6.07) is 5.42. The molecule has 0 bridgehead atoms. The minimum atomic E-state index is -3.65. The molecule has 0 heterocycles. The lowest BCUT2D eigenvalue weighted by molar-refractivity contribution is 0.0696. The van der Waals surface area contributed by atoms with Crippen LogP contribution in [0.1, 0.15) is 22.8 Å². The molecule has 0 aromatic heterocycles. The highest BCUT2D eigenvalue weighted by atomic mass is 32.2. The number of benzene rings is 1. The molecule has 0 spiro atoms. The van der Waals surface area contributed by atoms with Crippen LogP contribution in [0.5, 0.6) is 0 Å². The van der Waals surface area contributed by atoms with Crippen LogP contribution in [0.15, 0.2) is 24.3 Å². The molecule has 1 N–H and O–H groups in total.